The van der Waals surface area contributed by atoms with Gasteiger partial charge in [-0.2, -0.15) is 0 Å². The smallest absolute Gasteiger partial charge is 0.363 e. The molecule has 0 amide bonds. The van der Waals surface area contributed by atoms with Crippen LogP contribution >= 0.6 is 11.3 Å². The monoisotopic (exact) mass is 351 g/mol. The number of methoxy groups -OCH3 is 1. The molecule has 0 bridgehead atoms. The summed E-state index contributed by atoms with van der Waals surface area (Å²) in [5, 5.41) is 4.26. The van der Waals surface area contributed by atoms with Gasteiger partial charge in [0.1, 0.15) is 11.5 Å². The van der Waals surface area contributed by atoms with Crippen molar-refractivity contribution in [2.45, 2.75) is 0 Å². The van der Waals surface area contributed by atoms with E-state index < -0.39 is 5.97 Å². The first-order valence-electron chi connectivity index (χ1n) is 7.52. The number of rotatable bonds is 4. The zero-order valence-electron chi connectivity index (χ0n) is 13.3. The molecule has 0 N–H and O–H groups in total. The highest BCUT2D eigenvalue weighted by atomic mass is 32.1. The normalized spacial score (nSPS) is 10.8. The van der Waals surface area contributed by atoms with Crippen LogP contribution in [0.2, 0.25) is 0 Å². The average Bonchev–Trinajstić information content (AvgIpc) is 3.32. The SMILES string of the molecule is COc1ccc2ccc(OC(=O)c3csc(-c4ccco4)n3)cc2c1. The van der Waals surface area contributed by atoms with E-state index in [0.717, 1.165) is 16.5 Å². The van der Waals surface area contributed by atoms with Crippen molar-refractivity contribution in [1.82, 2.24) is 4.98 Å². The van der Waals surface area contributed by atoms with Crippen molar-refractivity contribution in [1.29, 1.82) is 0 Å². The van der Waals surface area contributed by atoms with Crippen molar-refractivity contribution in [2.75, 3.05) is 7.11 Å². The zero-order chi connectivity index (χ0) is 17.2. The van der Waals surface area contributed by atoms with Crippen LogP contribution in [0.5, 0.6) is 11.5 Å². The molecule has 0 unspecified atom stereocenters. The molecule has 2 aromatic carbocycles. The number of carbonyl (C=O) groups excluding carboxylic acids is 1. The molecule has 4 aromatic rings. The summed E-state index contributed by atoms with van der Waals surface area (Å²) in [6.07, 6.45) is 1.57. The van der Waals surface area contributed by atoms with E-state index in [1.165, 1.54) is 11.3 Å². The van der Waals surface area contributed by atoms with Gasteiger partial charge in [-0.25, -0.2) is 9.78 Å². The fourth-order valence-electron chi connectivity index (χ4n) is 2.43. The van der Waals surface area contributed by atoms with E-state index in [1.54, 1.807) is 43.0 Å². The van der Waals surface area contributed by atoms with Gasteiger partial charge in [0.05, 0.1) is 13.4 Å². The first kappa shape index (κ1) is 15.4. The Hall–Kier alpha value is -3.12. The Kier molecular flexibility index (Phi) is 3.95. The Bertz CT molecular complexity index is 1040. The van der Waals surface area contributed by atoms with Crippen LogP contribution in [0, 0.1) is 0 Å². The van der Waals surface area contributed by atoms with Gasteiger partial charge in [-0.1, -0.05) is 12.1 Å². The van der Waals surface area contributed by atoms with Gasteiger partial charge in [0, 0.05) is 5.38 Å². The van der Waals surface area contributed by atoms with Crippen LogP contribution in [0.3, 0.4) is 0 Å². The molecule has 4 rings (SSSR count). The van der Waals surface area contributed by atoms with E-state index in [9.17, 15) is 4.79 Å². The van der Waals surface area contributed by atoms with Crippen molar-refractivity contribution in [2.24, 2.45) is 0 Å². The lowest BCUT2D eigenvalue weighted by atomic mass is 10.1. The van der Waals surface area contributed by atoms with Gasteiger partial charge >= 0.3 is 5.97 Å². The molecular weight excluding hydrogens is 338 g/mol. The first-order chi connectivity index (χ1) is 12.2. The summed E-state index contributed by atoms with van der Waals surface area (Å²) < 4.78 is 16.0. The number of carbonyl (C=O) groups is 1. The van der Waals surface area contributed by atoms with Crippen LogP contribution in [-0.2, 0) is 0 Å². The molecule has 2 aromatic heterocycles. The molecule has 0 aliphatic carbocycles. The molecule has 124 valence electrons. The van der Waals surface area contributed by atoms with Crippen molar-refractivity contribution in [3.63, 3.8) is 0 Å². The number of aromatic nitrogens is 1. The van der Waals surface area contributed by atoms with Crippen LogP contribution in [0.1, 0.15) is 10.5 Å². The topological polar surface area (TPSA) is 61.6 Å². The Labute approximate surface area is 147 Å². The number of thiazole rings is 1. The van der Waals surface area contributed by atoms with Gasteiger partial charge in [0.15, 0.2) is 16.5 Å². The minimum atomic E-state index is -0.503. The Morgan fingerprint density at radius 1 is 1.08 bits per heavy atom. The highest BCUT2D eigenvalue weighted by molar-refractivity contribution is 7.13. The highest BCUT2D eigenvalue weighted by Crippen LogP contribution is 2.27. The van der Waals surface area contributed by atoms with Gasteiger partial charge < -0.3 is 13.9 Å². The molecule has 2 heterocycles. The third-order valence-electron chi connectivity index (χ3n) is 3.67. The van der Waals surface area contributed by atoms with E-state index in [2.05, 4.69) is 4.98 Å². The highest BCUT2D eigenvalue weighted by Gasteiger charge is 2.15. The van der Waals surface area contributed by atoms with E-state index in [4.69, 9.17) is 13.9 Å². The summed E-state index contributed by atoms with van der Waals surface area (Å²) in [5.41, 5.74) is 0.252. The van der Waals surface area contributed by atoms with E-state index in [1.807, 2.05) is 24.3 Å². The second kappa shape index (κ2) is 6.41. The van der Waals surface area contributed by atoms with Crippen molar-refractivity contribution >= 4 is 28.1 Å². The van der Waals surface area contributed by atoms with Gasteiger partial charge in [0.25, 0.3) is 0 Å². The summed E-state index contributed by atoms with van der Waals surface area (Å²) in [5.74, 6) is 1.33. The molecule has 0 radical (unpaired) electrons. The molecule has 6 heteroatoms. The minimum Gasteiger partial charge on any atom is -0.497 e. The third kappa shape index (κ3) is 3.12. The standard InChI is InChI=1S/C19H13NO4S/c1-22-14-6-4-12-5-7-15(10-13(12)9-14)24-19(21)16-11-25-18(20-16)17-3-2-8-23-17/h2-11H,1H3. The molecule has 0 saturated carbocycles. The zero-order valence-corrected chi connectivity index (χ0v) is 14.1. The van der Waals surface area contributed by atoms with Gasteiger partial charge in [0.2, 0.25) is 0 Å². The fourth-order valence-corrected chi connectivity index (χ4v) is 3.19. The second-order valence-electron chi connectivity index (χ2n) is 5.28. The molecule has 25 heavy (non-hydrogen) atoms. The van der Waals surface area contributed by atoms with Crippen LogP contribution in [0.25, 0.3) is 21.5 Å². The number of esters is 1. The lowest BCUT2D eigenvalue weighted by molar-refractivity contribution is 0.0730. The maximum absolute atomic E-state index is 12.3. The fraction of sp³-hybridized carbons (Fsp3) is 0.0526. The number of ether oxygens (including phenoxy) is 2. The first-order valence-corrected chi connectivity index (χ1v) is 8.40. The van der Waals surface area contributed by atoms with Crippen LogP contribution in [0.15, 0.2) is 64.6 Å². The van der Waals surface area contributed by atoms with E-state index >= 15 is 0 Å². The van der Waals surface area contributed by atoms with Crippen LogP contribution < -0.4 is 9.47 Å². The number of fused-ring (bicyclic) bond motifs is 1. The largest absolute Gasteiger partial charge is 0.497 e. The summed E-state index contributed by atoms with van der Waals surface area (Å²) in [7, 11) is 1.61. The summed E-state index contributed by atoms with van der Waals surface area (Å²) in [6.45, 7) is 0. The Morgan fingerprint density at radius 3 is 2.64 bits per heavy atom. The van der Waals surface area contributed by atoms with Gasteiger partial charge in [-0.3, -0.25) is 0 Å². The maximum atomic E-state index is 12.3. The van der Waals surface area contributed by atoms with Gasteiger partial charge in [-0.05, 0) is 47.2 Å². The predicted octanol–water partition coefficient (Wildman–Crippen LogP) is 4.78. The average molecular weight is 351 g/mol. The van der Waals surface area contributed by atoms with E-state index in [-0.39, 0.29) is 5.69 Å². The van der Waals surface area contributed by atoms with Crippen molar-refractivity contribution < 1.29 is 18.7 Å². The number of hydrogen-bond donors (Lipinski definition) is 0. The maximum Gasteiger partial charge on any atom is 0.363 e. The Balaban J connectivity index is 1.57. The number of benzene rings is 2. The summed E-state index contributed by atoms with van der Waals surface area (Å²) >= 11 is 1.33. The van der Waals surface area contributed by atoms with Gasteiger partial charge in [-0.15, -0.1) is 11.3 Å². The summed E-state index contributed by atoms with van der Waals surface area (Å²) in [4.78, 5) is 16.6. The second-order valence-corrected chi connectivity index (χ2v) is 6.14. The Morgan fingerprint density at radius 2 is 1.88 bits per heavy atom. The number of nitrogens with zero attached hydrogens (tertiary/aromatic N) is 1. The van der Waals surface area contributed by atoms with Crippen molar-refractivity contribution in [3.8, 4) is 22.3 Å². The lowest BCUT2D eigenvalue weighted by Crippen LogP contribution is -2.08. The number of furan rings is 1. The van der Waals surface area contributed by atoms with Crippen molar-refractivity contribution in [3.05, 3.63) is 65.9 Å². The molecule has 0 aliphatic heterocycles. The number of hydrogen-bond acceptors (Lipinski definition) is 6. The van der Waals surface area contributed by atoms with Crippen LogP contribution in [0.4, 0.5) is 0 Å². The quantitative estimate of drug-likeness (QED) is 0.391. The third-order valence-corrected chi connectivity index (χ3v) is 4.53. The molecule has 0 atom stereocenters. The molecule has 0 spiro atoms. The van der Waals surface area contributed by atoms with E-state index in [0.29, 0.717) is 16.5 Å². The predicted molar refractivity (Wildman–Crippen MR) is 95.3 cm³/mol. The molecule has 0 aliphatic rings. The van der Waals surface area contributed by atoms with Crippen LogP contribution in [-0.4, -0.2) is 18.1 Å². The lowest BCUT2D eigenvalue weighted by Gasteiger charge is -2.06. The summed E-state index contributed by atoms with van der Waals surface area (Å²) in [6, 6.07) is 14.8. The molecule has 0 saturated heterocycles. The molecular formula is C19H13NO4S. The molecule has 0 fully saturated rings. The minimum absolute atomic E-state index is 0.252. The molecule has 5 nitrogen and oxygen atoms in total.